The number of ether oxygens (including phenoxy) is 2. The van der Waals surface area contributed by atoms with Crippen molar-refractivity contribution in [2.24, 2.45) is 0 Å². The molecule has 1 aliphatic carbocycles. The summed E-state index contributed by atoms with van der Waals surface area (Å²) >= 11 is 0. The van der Waals surface area contributed by atoms with Crippen LogP contribution in [0.15, 0.2) is 54.6 Å². The van der Waals surface area contributed by atoms with Crippen LogP contribution in [-0.4, -0.2) is 55.7 Å². The molecule has 8 nitrogen and oxygen atoms in total. The Kier molecular flexibility index (Phi) is 8.25. The third kappa shape index (κ3) is 6.13. The van der Waals surface area contributed by atoms with Gasteiger partial charge in [-0.15, -0.1) is 0 Å². The number of amides is 2. The molecule has 0 radical (unpaired) electrons. The minimum atomic E-state index is -0.956. The molecule has 1 heterocycles. The smallest absolute Gasteiger partial charge is 0.409 e. The van der Waals surface area contributed by atoms with Crippen molar-refractivity contribution in [2.75, 3.05) is 20.2 Å². The molecule has 2 fully saturated rings. The first-order chi connectivity index (χ1) is 17.0. The highest BCUT2D eigenvalue weighted by molar-refractivity contribution is 5.97. The van der Waals surface area contributed by atoms with Gasteiger partial charge in [-0.3, -0.25) is 10.1 Å². The lowest BCUT2D eigenvalue weighted by molar-refractivity contribution is 0.0354. The van der Waals surface area contributed by atoms with E-state index < -0.39 is 12.3 Å². The Bertz CT molecular complexity index is 985. The molecule has 0 spiro atoms. The summed E-state index contributed by atoms with van der Waals surface area (Å²) < 4.78 is 11.0. The molecule has 1 saturated carbocycles. The zero-order valence-electron chi connectivity index (χ0n) is 20.2. The van der Waals surface area contributed by atoms with E-state index in [1.807, 2.05) is 30.3 Å². The van der Waals surface area contributed by atoms with Crippen molar-refractivity contribution in [1.29, 1.82) is 0 Å². The summed E-state index contributed by atoms with van der Waals surface area (Å²) in [5, 5.41) is 19.1. The molecule has 1 unspecified atom stereocenters. The van der Waals surface area contributed by atoms with Crippen LogP contribution < -0.4 is 20.7 Å². The molecule has 1 aliphatic heterocycles. The van der Waals surface area contributed by atoms with Gasteiger partial charge in [0.25, 0.3) is 5.91 Å². The SMILES string of the molecule is COc1ccccc1C(=O)NCC1(c2ccccc2)CCC(OC(=O)NC(O)[C@@H]2CCCN2)CC1. The largest absolute Gasteiger partial charge is 0.496 e. The molecule has 188 valence electrons. The van der Waals surface area contributed by atoms with Crippen LogP contribution in [0.1, 0.15) is 54.4 Å². The highest BCUT2D eigenvalue weighted by atomic mass is 16.6. The predicted octanol–water partition coefficient (Wildman–Crippen LogP) is 3.10. The highest BCUT2D eigenvalue weighted by Crippen LogP contribution is 2.40. The highest BCUT2D eigenvalue weighted by Gasteiger charge is 2.38. The topological polar surface area (TPSA) is 109 Å². The summed E-state index contributed by atoms with van der Waals surface area (Å²) in [5.41, 5.74) is 1.40. The van der Waals surface area contributed by atoms with E-state index in [1.165, 1.54) is 0 Å². The third-order valence-corrected chi connectivity index (χ3v) is 7.23. The van der Waals surface area contributed by atoms with Crippen LogP contribution in [-0.2, 0) is 10.2 Å². The lowest BCUT2D eigenvalue weighted by Gasteiger charge is -2.40. The van der Waals surface area contributed by atoms with Gasteiger partial charge in [0.1, 0.15) is 18.1 Å². The molecule has 8 heteroatoms. The first-order valence-electron chi connectivity index (χ1n) is 12.4. The Morgan fingerprint density at radius 1 is 1.09 bits per heavy atom. The van der Waals surface area contributed by atoms with E-state index in [0.29, 0.717) is 30.7 Å². The average molecular weight is 482 g/mol. The number of para-hydroxylation sites is 1. The molecule has 4 N–H and O–H groups in total. The second kappa shape index (κ2) is 11.6. The molecular formula is C27H35N3O5. The van der Waals surface area contributed by atoms with Gasteiger partial charge in [0.05, 0.1) is 18.7 Å². The van der Waals surface area contributed by atoms with Crippen LogP contribution >= 0.6 is 0 Å². The van der Waals surface area contributed by atoms with Crippen LogP contribution in [0.2, 0.25) is 0 Å². The third-order valence-electron chi connectivity index (χ3n) is 7.23. The molecule has 2 aliphatic rings. The molecular weight excluding hydrogens is 446 g/mol. The molecule has 2 aromatic carbocycles. The van der Waals surface area contributed by atoms with E-state index >= 15 is 0 Å². The van der Waals surface area contributed by atoms with Crippen LogP contribution in [0, 0.1) is 0 Å². The Balaban J connectivity index is 1.37. The van der Waals surface area contributed by atoms with Crippen molar-refractivity contribution in [3.8, 4) is 5.75 Å². The second-order valence-corrected chi connectivity index (χ2v) is 9.43. The number of carbonyl (C=O) groups is 2. The summed E-state index contributed by atoms with van der Waals surface area (Å²) in [7, 11) is 1.55. The summed E-state index contributed by atoms with van der Waals surface area (Å²) in [6, 6.07) is 17.2. The van der Waals surface area contributed by atoms with Crippen molar-refractivity contribution in [2.45, 2.75) is 62.3 Å². The Labute approximate surface area is 206 Å². The molecule has 35 heavy (non-hydrogen) atoms. The van der Waals surface area contributed by atoms with Gasteiger partial charge in [0, 0.05) is 12.0 Å². The monoisotopic (exact) mass is 481 g/mol. The quantitative estimate of drug-likeness (QED) is 0.432. The molecule has 2 atom stereocenters. The van der Waals surface area contributed by atoms with E-state index in [0.717, 1.165) is 37.8 Å². The first-order valence-corrected chi connectivity index (χ1v) is 12.4. The van der Waals surface area contributed by atoms with Gasteiger partial charge in [-0.2, -0.15) is 0 Å². The van der Waals surface area contributed by atoms with E-state index in [1.54, 1.807) is 19.2 Å². The summed E-state index contributed by atoms with van der Waals surface area (Å²) in [5.74, 6) is 0.363. The summed E-state index contributed by atoms with van der Waals surface area (Å²) in [6.45, 7) is 1.31. The number of benzene rings is 2. The molecule has 4 rings (SSSR count). The van der Waals surface area contributed by atoms with Gasteiger partial charge in [-0.25, -0.2) is 4.79 Å². The second-order valence-electron chi connectivity index (χ2n) is 9.43. The molecule has 1 saturated heterocycles. The number of aliphatic hydroxyl groups is 1. The molecule has 0 aromatic heterocycles. The number of alkyl carbamates (subject to hydrolysis) is 1. The Morgan fingerprint density at radius 3 is 2.49 bits per heavy atom. The Morgan fingerprint density at radius 2 is 1.80 bits per heavy atom. The lowest BCUT2D eigenvalue weighted by Crippen LogP contribution is -2.49. The van der Waals surface area contributed by atoms with Crippen molar-refractivity contribution in [3.63, 3.8) is 0 Å². The maximum absolute atomic E-state index is 13.0. The first kappa shape index (κ1) is 25.0. The summed E-state index contributed by atoms with van der Waals surface area (Å²) in [4.78, 5) is 25.3. The van der Waals surface area contributed by atoms with Crippen molar-refractivity contribution >= 4 is 12.0 Å². The number of nitrogens with one attached hydrogen (secondary N) is 3. The summed E-state index contributed by atoms with van der Waals surface area (Å²) in [6.07, 6.45) is 2.88. The van der Waals surface area contributed by atoms with E-state index in [-0.39, 0.29) is 23.5 Å². The van der Waals surface area contributed by atoms with Crippen molar-refractivity contribution in [3.05, 3.63) is 65.7 Å². The van der Waals surface area contributed by atoms with Gasteiger partial charge in [-0.1, -0.05) is 42.5 Å². The average Bonchev–Trinajstić information content (AvgIpc) is 3.44. The number of rotatable bonds is 8. The lowest BCUT2D eigenvalue weighted by atomic mass is 9.68. The zero-order chi connectivity index (χ0) is 24.7. The normalized spacial score (nSPS) is 24.9. The fraction of sp³-hybridized carbons (Fsp3) is 0.481. The Hall–Kier alpha value is -3.10. The van der Waals surface area contributed by atoms with Crippen LogP contribution in [0.5, 0.6) is 5.75 Å². The minimum absolute atomic E-state index is 0.133. The number of methoxy groups -OCH3 is 1. The van der Waals surface area contributed by atoms with E-state index in [9.17, 15) is 14.7 Å². The van der Waals surface area contributed by atoms with Crippen molar-refractivity contribution < 1.29 is 24.2 Å². The van der Waals surface area contributed by atoms with Gasteiger partial charge in [-0.05, 0) is 62.8 Å². The van der Waals surface area contributed by atoms with Gasteiger partial charge >= 0.3 is 6.09 Å². The van der Waals surface area contributed by atoms with Crippen LogP contribution in [0.4, 0.5) is 4.79 Å². The van der Waals surface area contributed by atoms with Gasteiger partial charge < -0.3 is 25.2 Å². The fourth-order valence-electron chi connectivity index (χ4n) is 5.19. The minimum Gasteiger partial charge on any atom is -0.496 e. The van der Waals surface area contributed by atoms with Crippen LogP contribution in [0.25, 0.3) is 0 Å². The van der Waals surface area contributed by atoms with E-state index in [4.69, 9.17) is 9.47 Å². The standard InChI is InChI=1S/C27H35N3O5/c1-34-23-12-6-5-10-21(23)24(31)29-18-27(19-8-3-2-4-9-19)15-13-20(14-16-27)35-26(33)30-25(32)22-11-7-17-28-22/h2-6,8-10,12,20,22,25,28,32H,7,11,13-18H2,1H3,(H,29,31)(H,30,33)/t20?,22-,25?,27?/m0/s1. The van der Waals surface area contributed by atoms with Crippen molar-refractivity contribution in [1.82, 2.24) is 16.0 Å². The van der Waals surface area contributed by atoms with Gasteiger partial charge in [0.15, 0.2) is 0 Å². The molecule has 2 amide bonds. The van der Waals surface area contributed by atoms with Crippen LogP contribution in [0.3, 0.4) is 0 Å². The molecule has 2 aromatic rings. The maximum atomic E-state index is 13.0. The fourth-order valence-corrected chi connectivity index (χ4v) is 5.19. The number of hydrogen-bond donors (Lipinski definition) is 4. The van der Waals surface area contributed by atoms with Gasteiger partial charge in [0.2, 0.25) is 0 Å². The predicted molar refractivity (Wildman–Crippen MR) is 132 cm³/mol. The number of hydrogen-bond acceptors (Lipinski definition) is 6. The zero-order valence-corrected chi connectivity index (χ0v) is 20.2. The maximum Gasteiger partial charge on any atom is 0.409 e. The number of aliphatic hydroxyl groups excluding tert-OH is 1. The van der Waals surface area contributed by atoms with E-state index in [2.05, 4.69) is 28.1 Å². The number of carbonyl (C=O) groups excluding carboxylic acids is 2. The molecule has 0 bridgehead atoms.